The zero-order chi connectivity index (χ0) is 3.54. The Morgan fingerprint density at radius 2 is 2.50 bits per heavy atom. The molecular weight excluding hydrogens is 199 g/mol. The minimum absolute atomic E-state index is 0. The molecule has 1 aromatic rings. The largest absolute Gasteiger partial charge is 1.00 e. The first-order valence-electron chi connectivity index (χ1n) is 1.25. The molecule has 0 aromatic carbocycles. The molecule has 0 aliphatic rings. The molecule has 0 amide bonds. The number of aromatic nitrogens is 1. The second kappa shape index (κ2) is 4.42. The van der Waals surface area contributed by atoms with Crippen molar-refractivity contribution < 1.29 is 73.3 Å². The van der Waals surface area contributed by atoms with Crippen molar-refractivity contribution in [2.45, 2.75) is 0 Å². The van der Waals surface area contributed by atoms with Crippen molar-refractivity contribution in [1.29, 1.82) is 0 Å². The van der Waals surface area contributed by atoms with E-state index in [1.54, 1.807) is 0 Å². The average molecular weight is 201 g/mol. The van der Waals surface area contributed by atoms with Crippen molar-refractivity contribution in [3.05, 3.63) is 18.9 Å². The first kappa shape index (κ1) is 7.26. The molecule has 0 saturated heterocycles. The molecule has 1 rings (SSSR count). The van der Waals surface area contributed by atoms with Crippen molar-refractivity contribution in [2.24, 2.45) is 0 Å². The number of hydrogen-bond donors (Lipinski definition) is 0. The van der Waals surface area contributed by atoms with E-state index in [9.17, 15) is 0 Å². The van der Waals surface area contributed by atoms with Crippen LogP contribution in [0.5, 0.6) is 0 Å². The van der Waals surface area contributed by atoms with Gasteiger partial charge in [0, 0.05) is 0 Å². The molecule has 0 spiro atoms. The van der Waals surface area contributed by atoms with Crippen LogP contribution in [0.3, 0.4) is 0 Å². The Kier molecular flexibility index (Phi) is 5.35. The summed E-state index contributed by atoms with van der Waals surface area (Å²) >= 11 is 0. The molecule has 1 heterocycles. The number of oxazole rings is 1. The molecule has 0 radical (unpaired) electrons. The van der Waals surface area contributed by atoms with Gasteiger partial charge >= 0.3 is 68.9 Å². The van der Waals surface area contributed by atoms with Crippen LogP contribution in [0.4, 0.5) is 0 Å². The predicted molar refractivity (Wildman–Crippen MR) is 15.3 cm³/mol. The van der Waals surface area contributed by atoms with Gasteiger partial charge in [-0.25, -0.2) is 0 Å². The topological polar surface area (TPSA) is 26.0 Å². The van der Waals surface area contributed by atoms with Crippen molar-refractivity contribution in [3.8, 4) is 0 Å². The van der Waals surface area contributed by atoms with E-state index in [4.69, 9.17) is 0 Å². The Bertz CT molecular complexity index is 67.3. The van der Waals surface area contributed by atoms with Gasteiger partial charge in [0.05, 0.1) is 0 Å². The Balaban J connectivity index is 0.000000250. The Morgan fingerprint density at radius 1 is 1.67 bits per heavy atom. The summed E-state index contributed by atoms with van der Waals surface area (Å²) in [5.74, 6) is 0. The van der Waals surface area contributed by atoms with Crippen LogP contribution in [0.2, 0.25) is 0 Å². The zero-order valence-electron chi connectivity index (χ0n) is 3.51. The third-order valence-corrected chi connectivity index (χ3v) is 0.309. The standard InChI is InChI=1S/C3H2NO.Cs/c1-2-5-3-4-1;/h1-2H;/q-1;+1. The van der Waals surface area contributed by atoms with E-state index in [2.05, 4.69) is 15.8 Å². The number of nitrogens with zero attached hydrogens (tertiary/aromatic N) is 1. The maximum atomic E-state index is 4.35. The van der Waals surface area contributed by atoms with Crippen LogP contribution < -0.4 is 68.9 Å². The molecular formula is C3H2CsNO. The van der Waals surface area contributed by atoms with Gasteiger partial charge in [0.2, 0.25) is 0 Å². The molecule has 3 heteroatoms. The van der Waals surface area contributed by atoms with E-state index in [-0.39, 0.29) is 68.9 Å². The Hall–Kier alpha value is 1.26. The van der Waals surface area contributed by atoms with Crippen LogP contribution >= 0.6 is 0 Å². The number of hydrogen-bond acceptors (Lipinski definition) is 2. The fourth-order valence-electron chi connectivity index (χ4n) is 0.152. The third-order valence-electron chi connectivity index (χ3n) is 0.309. The van der Waals surface area contributed by atoms with Crippen molar-refractivity contribution in [2.75, 3.05) is 0 Å². The SMILES string of the molecule is [Cs+].[c-]1ncco1. The molecule has 26 valence electrons. The number of rotatable bonds is 0. The van der Waals surface area contributed by atoms with E-state index in [1.165, 1.54) is 12.5 Å². The maximum absolute atomic E-state index is 4.35. The molecule has 0 unspecified atom stereocenters. The van der Waals surface area contributed by atoms with E-state index < -0.39 is 0 Å². The van der Waals surface area contributed by atoms with Crippen LogP contribution in [0.1, 0.15) is 0 Å². The minimum atomic E-state index is 0. The van der Waals surface area contributed by atoms with E-state index in [0.29, 0.717) is 0 Å². The molecule has 0 bridgehead atoms. The maximum Gasteiger partial charge on any atom is 1.00 e. The predicted octanol–water partition coefficient (Wildman–Crippen LogP) is -2.52. The third kappa shape index (κ3) is 2.44. The first-order chi connectivity index (χ1) is 2.50. The van der Waals surface area contributed by atoms with Crippen LogP contribution in [0.15, 0.2) is 16.9 Å². The summed E-state index contributed by atoms with van der Waals surface area (Å²) in [7, 11) is 0. The van der Waals surface area contributed by atoms with E-state index in [0.717, 1.165) is 0 Å². The molecule has 1 aromatic heterocycles. The van der Waals surface area contributed by atoms with Crippen LogP contribution in [-0.2, 0) is 0 Å². The second-order valence-electron chi connectivity index (χ2n) is 0.623. The summed E-state index contributed by atoms with van der Waals surface area (Å²) < 4.78 is 4.35. The zero-order valence-corrected chi connectivity index (χ0v) is 9.79. The van der Waals surface area contributed by atoms with Gasteiger partial charge in [-0.2, -0.15) is 0 Å². The van der Waals surface area contributed by atoms with Gasteiger partial charge in [0.1, 0.15) is 6.39 Å². The summed E-state index contributed by atoms with van der Waals surface area (Å²) in [4.78, 5) is 3.43. The van der Waals surface area contributed by atoms with Gasteiger partial charge in [0.25, 0.3) is 0 Å². The Labute approximate surface area is 94.8 Å². The van der Waals surface area contributed by atoms with Gasteiger partial charge in [-0.1, -0.05) is 6.20 Å². The summed E-state index contributed by atoms with van der Waals surface area (Å²) in [6.45, 7) is 0. The molecule has 0 aliphatic heterocycles. The van der Waals surface area contributed by atoms with Crippen molar-refractivity contribution >= 4 is 0 Å². The summed E-state index contributed by atoms with van der Waals surface area (Å²) in [6.07, 6.45) is 5.22. The first-order valence-corrected chi connectivity index (χ1v) is 1.25. The average Bonchev–Trinajstić information content (AvgIpc) is 1.76. The van der Waals surface area contributed by atoms with Crippen molar-refractivity contribution in [1.82, 2.24) is 4.98 Å². The molecule has 0 saturated carbocycles. The van der Waals surface area contributed by atoms with Crippen LogP contribution in [0.25, 0.3) is 0 Å². The monoisotopic (exact) mass is 201 g/mol. The second-order valence-corrected chi connectivity index (χ2v) is 0.623. The smallest absolute Gasteiger partial charge is 0.581 e. The fraction of sp³-hybridized carbons (Fsp3) is 0. The molecule has 0 aliphatic carbocycles. The van der Waals surface area contributed by atoms with Crippen LogP contribution in [0, 0.1) is 6.39 Å². The molecule has 0 atom stereocenters. The quantitative estimate of drug-likeness (QED) is 0.433. The fourth-order valence-corrected chi connectivity index (χ4v) is 0.152. The molecule has 0 N–H and O–H groups in total. The summed E-state index contributed by atoms with van der Waals surface area (Å²) in [5.41, 5.74) is 0. The van der Waals surface area contributed by atoms with Crippen molar-refractivity contribution in [3.63, 3.8) is 0 Å². The Morgan fingerprint density at radius 3 is 2.67 bits per heavy atom. The van der Waals surface area contributed by atoms with Gasteiger partial charge in [-0.15, -0.1) is 0 Å². The van der Waals surface area contributed by atoms with E-state index >= 15 is 0 Å². The van der Waals surface area contributed by atoms with Crippen LogP contribution in [-0.4, -0.2) is 4.98 Å². The van der Waals surface area contributed by atoms with Gasteiger partial charge < -0.3 is 9.40 Å². The van der Waals surface area contributed by atoms with Gasteiger partial charge in [0.15, 0.2) is 0 Å². The minimum Gasteiger partial charge on any atom is -0.581 e. The summed E-state index contributed by atoms with van der Waals surface area (Å²) in [6, 6.07) is 0. The van der Waals surface area contributed by atoms with Gasteiger partial charge in [-0.05, 0) is 6.26 Å². The normalized spacial score (nSPS) is 6.67. The molecule has 0 fully saturated rings. The van der Waals surface area contributed by atoms with Gasteiger partial charge in [-0.3, -0.25) is 0 Å². The summed E-state index contributed by atoms with van der Waals surface area (Å²) in [5, 5.41) is 0. The van der Waals surface area contributed by atoms with E-state index in [1.807, 2.05) is 0 Å². The molecule has 2 nitrogen and oxygen atoms in total. The molecule has 6 heavy (non-hydrogen) atoms.